The van der Waals surface area contributed by atoms with E-state index in [-0.39, 0.29) is 17.7 Å². The molecule has 6 nitrogen and oxygen atoms in total. The second-order valence-corrected chi connectivity index (χ2v) is 4.72. The monoisotopic (exact) mass is 234 g/mol. The number of hydrogen-bond donors (Lipinski definition) is 3. The fourth-order valence-electron chi connectivity index (χ4n) is 0.946. The summed E-state index contributed by atoms with van der Waals surface area (Å²) in [4.78, 5) is 0. The van der Waals surface area contributed by atoms with Gasteiger partial charge in [0.2, 0.25) is 5.09 Å². The van der Waals surface area contributed by atoms with Crippen LogP contribution in [0.3, 0.4) is 0 Å². The highest BCUT2D eigenvalue weighted by Crippen LogP contribution is 2.11. The van der Waals surface area contributed by atoms with Gasteiger partial charge in [-0.25, -0.2) is 13.6 Å². The van der Waals surface area contributed by atoms with E-state index in [1.54, 1.807) is 6.92 Å². The van der Waals surface area contributed by atoms with E-state index in [9.17, 15) is 8.42 Å². The molecule has 1 rings (SSSR count). The van der Waals surface area contributed by atoms with Gasteiger partial charge in [-0.15, -0.1) is 0 Å². The Kier molecular flexibility index (Phi) is 3.86. The molecule has 1 aromatic rings. The first kappa shape index (κ1) is 12.2. The van der Waals surface area contributed by atoms with Crippen molar-refractivity contribution in [2.75, 3.05) is 6.61 Å². The van der Waals surface area contributed by atoms with Crippen molar-refractivity contribution in [3.63, 3.8) is 0 Å². The van der Waals surface area contributed by atoms with E-state index in [0.717, 1.165) is 0 Å². The Morgan fingerprint density at radius 3 is 2.73 bits per heavy atom. The molecule has 0 saturated carbocycles. The van der Waals surface area contributed by atoms with E-state index >= 15 is 0 Å². The van der Waals surface area contributed by atoms with Gasteiger partial charge in [-0.05, 0) is 19.1 Å². The summed E-state index contributed by atoms with van der Waals surface area (Å²) in [5.41, 5.74) is 0. The maximum absolute atomic E-state index is 10.9. The van der Waals surface area contributed by atoms with Crippen molar-refractivity contribution in [2.24, 2.45) is 5.14 Å². The van der Waals surface area contributed by atoms with E-state index in [0.29, 0.717) is 12.3 Å². The third kappa shape index (κ3) is 3.63. The summed E-state index contributed by atoms with van der Waals surface area (Å²) in [5.74, 6) is 0.458. The maximum Gasteiger partial charge on any atom is 0.271 e. The fourth-order valence-corrected chi connectivity index (χ4v) is 1.43. The second kappa shape index (κ2) is 4.75. The first-order valence-electron chi connectivity index (χ1n) is 4.39. The van der Waals surface area contributed by atoms with E-state index in [4.69, 9.17) is 14.7 Å². The molecule has 1 heterocycles. The molecule has 0 aliphatic carbocycles. The van der Waals surface area contributed by atoms with Crippen LogP contribution >= 0.6 is 0 Å². The van der Waals surface area contributed by atoms with Crippen LogP contribution in [0.2, 0.25) is 0 Å². The number of nitrogens with one attached hydrogen (secondary N) is 1. The zero-order valence-electron chi connectivity index (χ0n) is 8.30. The van der Waals surface area contributed by atoms with Crippen molar-refractivity contribution >= 4 is 10.0 Å². The predicted octanol–water partition coefficient (Wildman–Crippen LogP) is -0.603. The topological polar surface area (TPSA) is 106 Å². The minimum absolute atomic E-state index is 0.00273. The lowest BCUT2D eigenvalue weighted by Gasteiger charge is -2.08. The number of hydrogen-bond acceptors (Lipinski definition) is 5. The highest BCUT2D eigenvalue weighted by atomic mass is 32.2. The van der Waals surface area contributed by atoms with E-state index in [2.05, 4.69) is 5.32 Å². The van der Waals surface area contributed by atoms with Crippen molar-refractivity contribution in [3.05, 3.63) is 17.9 Å². The van der Waals surface area contributed by atoms with Gasteiger partial charge >= 0.3 is 0 Å². The summed E-state index contributed by atoms with van der Waals surface area (Å²) in [5, 5.41) is 16.3. The van der Waals surface area contributed by atoms with Gasteiger partial charge in [0.05, 0.1) is 13.2 Å². The lowest BCUT2D eigenvalue weighted by atomic mass is 10.3. The van der Waals surface area contributed by atoms with E-state index in [1.165, 1.54) is 12.1 Å². The molecule has 15 heavy (non-hydrogen) atoms. The molecular formula is C8H14N2O4S. The SMILES string of the molecule is CC(CO)NCc1ccc(S(N)(=O)=O)o1. The Hall–Kier alpha value is -0.890. The van der Waals surface area contributed by atoms with Crippen LogP contribution in [-0.4, -0.2) is 26.2 Å². The van der Waals surface area contributed by atoms with E-state index < -0.39 is 10.0 Å². The Balaban J connectivity index is 2.62. The van der Waals surface area contributed by atoms with Gasteiger partial charge in [0.1, 0.15) is 5.76 Å². The van der Waals surface area contributed by atoms with Gasteiger partial charge in [0, 0.05) is 6.04 Å². The maximum atomic E-state index is 10.9. The molecule has 86 valence electrons. The lowest BCUT2D eigenvalue weighted by Crippen LogP contribution is -2.28. The van der Waals surface area contributed by atoms with Crippen LogP contribution in [0.1, 0.15) is 12.7 Å². The van der Waals surface area contributed by atoms with Crippen molar-refractivity contribution in [1.82, 2.24) is 5.32 Å². The predicted molar refractivity (Wildman–Crippen MR) is 53.5 cm³/mol. The number of furan rings is 1. The van der Waals surface area contributed by atoms with Crippen LogP contribution in [0.15, 0.2) is 21.6 Å². The summed E-state index contributed by atoms with van der Waals surface area (Å²) in [6.07, 6.45) is 0. The number of sulfonamides is 1. The minimum atomic E-state index is -3.77. The standard InChI is InChI=1S/C8H14N2O4S/c1-6(5-11)10-4-7-2-3-8(14-7)15(9,12)13/h2-3,6,10-11H,4-5H2,1H3,(H2,9,12,13). The summed E-state index contributed by atoms with van der Waals surface area (Å²) in [7, 11) is -3.77. The molecule has 0 spiro atoms. The molecule has 0 aromatic carbocycles. The first-order chi connectivity index (χ1) is 6.93. The summed E-state index contributed by atoms with van der Waals surface area (Å²) in [6, 6.07) is 2.75. The second-order valence-electron chi connectivity index (χ2n) is 3.23. The minimum Gasteiger partial charge on any atom is -0.447 e. The Labute approximate surface area is 88.1 Å². The van der Waals surface area contributed by atoms with Crippen LogP contribution in [0.25, 0.3) is 0 Å². The van der Waals surface area contributed by atoms with Crippen molar-refractivity contribution < 1.29 is 17.9 Å². The zero-order valence-corrected chi connectivity index (χ0v) is 9.12. The summed E-state index contributed by atoms with van der Waals surface area (Å²) in [6.45, 7) is 2.14. The molecule has 0 bridgehead atoms. The number of aliphatic hydroxyl groups excluding tert-OH is 1. The van der Waals surface area contributed by atoms with Gasteiger partial charge in [0.25, 0.3) is 10.0 Å². The van der Waals surface area contributed by atoms with Crippen LogP contribution < -0.4 is 10.5 Å². The van der Waals surface area contributed by atoms with Crippen molar-refractivity contribution in [2.45, 2.75) is 24.6 Å². The average molecular weight is 234 g/mol. The van der Waals surface area contributed by atoms with Gasteiger partial charge in [-0.3, -0.25) is 0 Å². The summed E-state index contributed by atoms with van der Waals surface area (Å²) < 4.78 is 26.7. The number of rotatable bonds is 5. The van der Waals surface area contributed by atoms with Crippen LogP contribution in [-0.2, 0) is 16.6 Å². The summed E-state index contributed by atoms with van der Waals surface area (Å²) >= 11 is 0. The van der Waals surface area contributed by atoms with Crippen molar-refractivity contribution in [1.29, 1.82) is 0 Å². The molecule has 0 aliphatic heterocycles. The molecule has 0 fully saturated rings. The molecule has 0 radical (unpaired) electrons. The van der Waals surface area contributed by atoms with E-state index in [1.807, 2.05) is 0 Å². The largest absolute Gasteiger partial charge is 0.447 e. The quantitative estimate of drug-likeness (QED) is 0.630. The normalized spacial score (nSPS) is 14.1. The number of aliphatic hydroxyl groups is 1. The molecule has 7 heteroatoms. The van der Waals surface area contributed by atoms with Gasteiger partial charge < -0.3 is 14.8 Å². The van der Waals surface area contributed by atoms with Crippen LogP contribution in [0, 0.1) is 0 Å². The highest BCUT2D eigenvalue weighted by molar-refractivity contribution is 7.89. The van der Waals surface area contributed by atoms with Gasteiger partial charge in [-0.1, -0.05) is 0 Å². The van der Waals surface area contributed by atoms with Gasteiger partial charge in [0.15, 0.2) is 0 Å². The van der Waals surface area contributed by atoms with Crippen LogP contribution in [0.5, 0.6) is 0 Å². The molecule has 0 aliphatic rings. The molecule has 1 aromatic heterocycles. The van der Waals surface area contributed by atoms with Crippen LogP contribution in [0.4, 0.5) is 0 Å². The fraction of sp³-hybridized carbons (Fsp3) is 0.500. The molecular weight excluding hydrogens is 220 g/mol. The Morgan fingerprint density at radius 2 is 2.27 bits per heavy atom. The third-order valence-electron chi connectivity index (χ3n) is 1.82. The Morgan fingerprint density at radius 1 is 1.60 bits per heavy atom. The molecule has 0 saturated heterocycles. The Bertz CT molecular complexity index is 412. The zero-order chi connectivity index (χ0) is 11.5. The highest BCUT2D eigenvalue weighted by Gasteiger charge is 2.13. The third-order valence-corrected chi connectivity index (χ3v) is 2.60. The van der Waals surface area contributed by atoms with Crippen molar-refractivity contribution in [3.8, 4) is 0 Å². The first-order valence-corrected chi connectivity index (χ1v) is 5.94. The number of primary sulfonamides is 1. The molecule has 1 unspecified atom stereocenters. The number of nitrogens with two attached hydrogens (primary N) is 1. The molecule has 0 amide bonds. The molecule has 1 atom stereocenters. The average Bonchev–Trinajstić information content (AvgIpc) is 2.61. The smallest absolute Gasteiger partial charge is 0.271 e. The van der Waals surface area contributed by atoms with Gasteiger partial charge in [-0.2, -0.15) is 0 Å². The lowest BCUT2D eigenvalue weighted by molar-refractivity contribution is 0.247. The molecule has 4 N–H and O–H groups in total.